The molecule has 1 aliphatic heterocycles. The zero-order valence-electron chi connectivity index (χ0n) is 8.61. The quantitative estimate of drug-likeness (QED) is 0.774. The molecule has 0 spiro atoms. The lowest BCUT2D eigenvalue weighted by atomic mass is 9.98. The first kappa shape index (κ1) is 9.53. The van der Waals surface area contributed by atoms with Crippen molar-refractivity contribution in [3.05, 3.63) is 29.8 Å². The lowest BCUT2D eigenvalue weighted by Crippen LogP contribution is -2.19. The fourth-order valence-corrected chi connectivity index (χ4v) is 2.17. The maximum atomic E-state index is 9.38. The van der Waals surface area contributed by atoms with Crippen LogP contribution >= 0.6 is 0 Å². The van der Waals surface area contributed by atoms with Crippen molar-refractivity contribution < 1.29 is 5.11 Å². The summed E-state index contributed by atoms with van der Waals surface area (Å²) in [5, 5.41) is 9.38. The zero-order chi connectivity index (χ0) is 9.97. The summed E-state index contributed by atoms with van der Waals surface area (Å²) in [4.78, 5) is 2.45. The van der Waals surface area contributed by atoms with Gasteiger partial charge in [-0.3, -0.25) is 0 Å². The predicted octanol–water partition coefficient (Wildman–Crippen LogP) is 2.20. The van der Waals surface area contributed by atoms with Gasteiger partial charge in [-0.1, -0.05) is 19.1 Å². The number of phenols is 1. The highest BCUT2D eigenvalue weighted by atomic mass is 16.3. The van der Waals surface area contributed by atoms with Crippen LogP contribution in [0.3, 0.4) is 0 Å². The molecule has 14 heavy (non-hydrogen) atoms. The van der Waals surface area contributed by atoms with Crippen molar-refractivity contribution in [2.45, 2.75) is 19.3 Å². The number of benzene rings is 1. The van der Waals surface area contributed by atoms with E-state index in [0.29, 0.717) is 11.7 Å². The molecule has 0 saturated carbocycles. The second-order valence-corrected chi connectivity index (χ2v) is 3.97. The van der Waals surface area contributed by atoms with Crippen molar-refractivity contribution in [2.24, 2.45) is 0 Å². The van der Waals surface area contributed by atoms with E-state index in [-0.39, 0.29) is 0 Å². The van der Waals surface area contributed by atoms with Gasteiger partial charge in [-0.25, -0.2) is 0 Å². The third-order valence-electron chi connectivity index (χ3n) is 3.06. The molecule has 1 atom stereocenters. The minimum atomic E-state index is 0.387. The van der Waals surface area contributed by atoms with Gasteiger partial charge < -0.3 is 10.0 Å². The topological polar surface area (TPSA) is 23.5 Å². The Morgan fingerprint density at radius 1 is 1.50 bits per heavy atom. The number of rotatable bonds is 2. The third kappa shape index (κ3) is 1.90. The average molecular weight is 191 g/mol. The summed E-state index contributed by atoms with van der Waals surface area (Å²) in [7, 11) is 0. The Balaban J connectivity index is 2.09. The van der Waals surface area contributed by atoms with Gasteiger partial charge in [0, 0.05) is 6.54 Å². The Morgan fingerprint density at radius 2 is 2.36 bits per heavy atom. The lowest BCUT2D eigenvalue weighted by Gasteiger charge is -2.13. The molecule has 2 heteroatoms. The molecule has 1 aliphatic rings. The van der Waals surface area contributed by atoms with Crippen molar-refractivity contribution in [3.63, 3.8) is 0 Å². The highest BCUT2D eigenvalue weighted by Crippen LogP contribution is 2.28. The van der Waals surface area contributed by atoms with Crippen LogP contribution in [-0.2, 0) is 0 Å². The van der Waals surface area contributed by atoms with Crippen LogP contribution in [0.1, 0.15) is 24.8 Å². The van der Waals surface area contributed by atoms with Gasteiger partial charge in [0.25, 0.3) is 0 Å². The molecule has 1 fully saturated rings. The van der Waals surface area contributed by atoms with Crippen LogP contribution in [0.4, 0.5) is 0 Å². The Morgan fingerprint density at radius 3 is 3.00 bits per heavy atom. The van der Waals surface area contributed by atoms with Crippen LogP contribution in [0, 0.1) is 0 Å². The van der Waals surface area contributed by atoms with Gasteiger partial charge in [0.15, 0.2) is 0 Å². The van der Waals surface area contributed by atoms with Crippen molar-refractivity contribution in [1.82, 2.24) is 4.90 Å². The molecule has 76 valence electrons. The molecule has 1 unspecified atom stereocenters. The smallest absolute Gasteiger partial charge is 0.115 e. The normalized spacial score (nSPS) is 22.8. The van der Waals surface area contributed by atoms with Crippen LogP contribution in [0.15, 0.2) is 24.3 Å². The van der Waals surface area contributed by atoms with Crippen LogP contribution in [-0.4, -0.2) is 29.6 Å². The van der Waals surface area contributed by atoms with Crippen molar-refractivity contribution in [2.75, 3.05) is 19.6 Å². The van der Waals surface area contributed by atoms with Gasteiger partial charge in [-0.2, -0.15) is 0 Å². The Bertz CT molecular complexity index is 311. The minimum absolute atomic E-state index is 0.387. The average Bonchev–Trinajstić information content (AvgIpc) is 2.66. The van der Waals surface area contributed by atoms with E-state index in [1.807, 2.05) is 12.1 Å². The van der Waals surface area contributed by atoms with Crippen LogP contribution in [0.5, 0.6) is 5.75 Å². The second-order valence-electron chi connectivity index (χ2n) is 3.97. The summed E-state index contributed by atoms with van der Waals surface area (Å²) in [5.41, 5.74) is 1.28. The number of phenolic OH excluding ortho intramolecular Hbond substituents is 1. The molecular weight excluding hydrogens is 174 g/mol. The monoisotopic (exact) mass is 191 g/mol. The molecule has 1 aromatic carbocycles. The van der Waals surface area contributed by atoms with E-state index >= 15 is 0 Å². The largest absolute Gasteiger partial charge is 0.508 e. The Hall–Kier alpha value is -1.02. The molecule has 0 radical (unpaired) electrons. The van der Waals surface area contributed by atoms with E-state index in [1.54, 1.807) is 6.07 Å². The first-order chi connectivity index (χ1) is 6.79. The van der Waals surface area contributed by atoms with Gasteiger partial charge in [0.05, 0.1) is 0 Å². The van der Waals surface area contributed by atoms with E-state index in [4.69, 9.17) is 0 Å². The van der Waals surface area contributed by atoms with Gasteiger partial charge in [0.2, 0.25) is 0 Å². The van der Waals surface area contributed by atoms with Gasteiger partial charge in [0.1, 0.15) is 5.75 Å². The summed E-state index contributed by atoms with van der Waals surface area (Å²) in [6.45, 7) is 5.66. The van der Waals surface area contributed by atoms with Crippen LogP contribution in [0.2, 0.25) is 0 Å². The molecule has 0 bridgehead atoms. The summed E-state index contributed by atoms with van der Waals surface area (Å²) < 4.78 is 0. The second kappa shape index (κ2) is 4.01. The van der Waals surface area contributed by atoms with Crippen LogP contribution < -0.4 is 0 Å². The van der Waals surface area contributed by atoms with Crippen molar-refractivity contribution in [1.29, 1.82) is 0 Å². The van der Waals surface area contributed by atoms with Crippen molar-refractivity contribution >= 4 is 0 Å². The van der Waals surface area contributed by atoms with Gasteiger partial charge in [-0.05, 0) is 43.1 Å². The number of aromatic hydroxyl groups is 1. The summed E-state index contributed by atoms with van der Waals surface area (Å²) in [6, 6.07) is 7.67. The number of likely N-dealkylation sites (tertiary alicyclic amines) is 1. The number of hydrogen-bond donors (Lipinski definition) is 1. The lowest BCUT2D eigenvalue weighted by molar-refractivity contribution is 0.354. The van der Waals surface area contributed by atoms with Gasteiger partial charge >= 0.3 is 0 Å². The standard InChI is InChI=1S/C12H17NO/c1-2-13-7-6-11(9-13)10-4-3-5-12(14)8-10/h3-5,8,11,14H,2,6-7,9H2,1H3. The highest BCUT2D eigenvalue weighted by Gasteiger charge is 2.22. The SMILES string of the molecule is CCN1CCC(c2cccc(O)c2)C1. The number of likely N-dealkylation sites (N-methyl/N-ethyl adjacent to an activating group) is 1. The molecule has 1 aromatic rings. The molecule has 0 amide bonds. The van der Waals surface area contributed by atoms with Crippen LogP contribution in [0.25, 0.3) is 0 Å². The fraction of sp³-hybridized carbons (Fsp3) is 0.500. The van der Waals surface area contributed by atoms with Gasteiger partial charge in [-0.15, -0.1) is 0 Å². The Labute approximate surface area is 85.2 Å². The molecule has 0 aromatic heterocycles. The molecule has 1 saturated heterocycles. The maximum absolute atomic E-state index is 9.38. The summed E-state index contributed by atoms with van der Waals surface area (Å²) in [6.07, 6.45) is 1.22. The Kier molecular flexibility index (Phi) is 2.73. The third-order valence-corrected chi connectivity index (χ3v) is 3.06. The fourth-order valence-electron chi connectivity index (χ4n) is 2.17. The zero-order valence-corrected chi connectivity index (χ0v) is 8.61. The first-order valence-corrected chi connectivity index (χ1v) is 5.31. The minimum Gasteiger partial charge on any atom is -0.508 e. The molecule has 0 aliphatic carbocycles. The number of nitrogens with zero attached hydrogens (tertiary/aromatic N) is 1. The highest BCUT2D eigenvalue weighted by molar-refractivity contribution is 5.30. The molecule has 1 N–H and O–H groups in total. The molecule has 1 heterocycles. The molecule has 2 rings (SSSR count). The first-order valence-electron chi connectivity index (χ1n) is 5.31. The molecular formula is C12H17NO. The van der Waals surface area contributed by atoms with E-state index < -0.39 is 0 Å². The maximum Gasteiger partial charge on any atom is 0.115 e. The summed E-state index contributed by atoms with van der Waals surface area (Å²) in [5.74, 6) is 1.000. The van der Waals surface area contributed by atoms with E-state index in [9.17, 15) is 5.11 Å². The van der Waals surface area contributed by atoms with E-state index in [0.717, 1.165) is 13.1 Å². The van der Waals surface area contributed by atoms with E-state index in [2.05, 4.69) is 17.9 Å². The predicted molar refractivity (Wildman–Crippen MR) is 57.6 cm³/mol. The van der Waals surface area contributed by atoms with Crippen molar-refractivity contribution in [3.8, 4) is 5.75 Å². The summed E-state index contributed by atoms with van der Waals surface area (Å²) >= 11 is 0. The van der Waals surface area contributed by atoms with E-state index in [1.165, 1.54) is 18.5 Å². The number of hydrogen-bond acceptors (Lipinski definition) is 2. The molecule has 2 nitrogen and oxygen atoms in total.